The van der Waals surface area contributed by atoms with Gasteiger partial charge in [0.2, 0.25) is 0 Å². The van der Waals surface area contributed by atoms with Crippen molar-refractivity contribution in [2.45, 2.75) is 20.3 Å². The molecule has 1 amide bonds. The third-order valence-electron chi connectivity index (χ3n) is 2.70. The molecule has 16 heavy (non-hydrogen) atoms. The molecule has 0 aliphatic carbocycles. The Labute approximate surface area is 97.2 Å². The van der Waals surface area contributed by atoms with Gasteiger partial charge in [0.05, 0.1) is 0 Å². The van der Waals surface area contributed by atoms with Crippen molar-refractivity contribution in [1.29, 1.82) is 0 Å². The van der Waals surface area contributed by atoms with Crippen LogP contribution in [0.3, 0.4) is 0 Å². The van der Waals surface area contributed by atoms with E-state index in [4.69, 9.17) is 0 Å². The number of nitrogens with one attached hydrogen (secondary N) is 2. The lowest BCUT2D eigenvalue weighted by molar-refractivity contribution is 0.0963. The summed E-state index contributed by atoms with van der Waals surface area (Å²) >= 11 is 0. The first kappa shape index (κ1) is 12.6. The van der Waals surface area contributed by atoms with Gasteiger partial charge in [-0.1, -0.05) is 26.3 Å². The second kappa shape index (κ2) is 6.16. The van der Waals surface area contributed by atoms with Gasteiger partial charge in [-0.15, -0.1) is 0 Å². The molecule has 0 saturated heterocycles. The van der Waals surface area contributed by atoms with Crippen LogP contribution in [-0.4, -0.2) is 19.5 Å². The molecule has 0 aliphatic rings. The second-order valence-corrected chi connectivity index (χ2v) is 4.05. The van der Waals surface area contributed by atoms with Crippen LogP contribution in [0.4, 0.5) is 5.69 Å². The summed E-state index contributed by atoms with van der Waals surface area (Å²) < 4.78 is 0. The molecular formula is C13H20N2O. The summed E-state index contributed by atoms with van der Waals surface area (Å²) in [4.78, 5) is 11.4. The van der Waals surface area contributed by atoms with Crippen LogP contribution in [0.15, 0.2) is 24.3 Å². The van der Waals surface area contributed by atoms with Crippen LogP contribution in [0.25, 0.3) is 0 Å². The third-order valence-corrected chi connectivity index (χ3v) is 2.70. The highest BCUT2D eigenvalue weighted by atomic mass is 16.1. The van der Waals surface area contributed by atoms with Crippen molar-refractivity contribution in [2.75, 3.05) is 18.9 Å². The standard InChI is InChI=1S/C13H20N2O/c1-4-10(2)9-15-12-7-5-6-11(8-12)13(16)14-3/h5-8,10,15H,4,9H2,1-3H3,(H,14,16). The molecule has 1 unspecified atom stereocenters. The summed E-state index contributed by atoms with van der Waals surface area (Å²) in [6.45, 7) is 5.32. The Balaban J connectivity index is 2.64. The van der Waals surface area contributed by atoms with E-state index in [2.05, 4.69) is 24.5 Å². The molecule has 0 aliphatic heterocycles. The summed E-state index contributed by atoms with van der Waals surface area (Å²) in [5.74, 6) is 0.593. The smallest absolute Gasteiger partial charge is 0.251 e. The van der Waals surface area contributed by atoms with Crippen molar-refractivity contribution < 1.29 is 4.79 Å². The van der Waals surface area contributed by atoms with Crippen LogP contribution in [0.1, 0.15) is 30.6 Å². The van der Waals surface area contributed by atoms with Crippen molar-refractivity contribution in [3.63, 3.8) is 0 Å². The monoisotopic (exact) mass is 220 g/mol. The van der Waals surface area contributed by atoms with Crippen LogP contribution < -0.4 is 10.6 Å². The van der Waals surface area contributed by atoms with Gasteiger partial charge >= 0.3 is 0 Å². The molecule has 0 heterocycles. The van der Waals surface area contributed by atoms with E-state index in [0.717, 1.165) is 18.7 Å². The third kappa shape index (κ3) is 3.57. The van der Waals surface area contributed by atoms with E-state index >= 15 is 0 Å². The zero-order valence-electron chi connectivity index (χ0n) is 10.2. The molecule has 1 rings (SSSR count). The van der Waals surface area contributed by atoms with E-state index in [1.807, 2.05) is 24.3 Å². The fraction of sp³-hybridized carbons (Fsp3) is 0.462. The molecular weight excluding hydrogens is 200 g/mol. The van der Waals surface area contributed by atoms with Crippen molar-refractivity contribution in [3.05, 3.63) is 29.8 Å². The van der Waals surface area contributed by atoms with Gasteiger partial charge in [-0.2, -0.15) is 0 Å². The maximum atomic E-state index is 11.4. The molecule has 0 saturated carbocycles. The highest BCUT2D eigenvalue weighted by Gasteiger charge is 2.04. The predicted molar refractivity (Wildman–Crippen MR) is 67.8 cm³/mol. The average molecular weight is 220 g/mol. The summed E-state index contributed by atoms with van der Waals surface area (Å²) in [6.07, 6.45) is 1.15. The minimum atomic E-state index is -0.0489. The first-order valence-corrected chi connectivity index (χ1v) is 5.73. The van der Waals surface area contributed by atoms with Crippen molar-refractivity contribution >= 4 is 11.6 Å². The predicted octanol–water partition coefficient (Wildman–Crippen LogP) is 2.50. The second-order valence-electron chi connectivity index (χ2n) is 4.05. The lowest BCUT2D eigenvalue weighted by Crippen LogP contribution is -2.18. The summed E-state index contributed by atoms with van der Waals surface area (Å²) in [5.41, 5.74) is 1.69. The zero-order valence-corrected chi connectivity index (χ0v) is 10.2. The molecule has 0 aromatic heterocycles. The molecule has 1 aromatic rings. The van der Waals surface area contributed by atoms with Gasteiger partial charge in [-0.25, -0.2) is 0 Å². The molecule has 3 heteroatoms. The molecule has 1 aromatic carbocycles. The Morgan fingerprint density at radius 3 is 2.81 bits per heavy atom. The van der Waals surface area contributed by atoms with E-state index in [1.165, 1.54) is 0 Å². The number of anilines is 1. The minimum absolute atomic E-state index is 0.0489. The molecule has 0 bridgehead atoms. The van der Waals surface area contributed by atoms with Crippen molar-refractivity contribution in [3.8, 4) is 0 Å². The Morgan fingerprint density at radius 1 is 1.44 bits per heavy atom. The fourth-order valence-electron chi connectivity index (χ4n) is 1.35. The largest absolute Gasteiger partial charge is 0.385 e. The van der Waals surface area contributed by atoms with Gasteiger partial charge < -0.3 is 10.6 Å². The normalized spacial score (nSPS) is 11.9. The lowest BCUT2D eigenvalue weighted by Gasteiger charge is -2.12. The Hall–Kier alpha value is -1.51. The fourth-order valence-corrected chi connectivity index (χ4v) is 1.35. The van der Waals surface area contributed by atoms with Gasteiger partial charge in [0, 0.05) is 24.8 Å². The van der Waals surface area contributed by atoms with Gasteiger partial charge in [0.1, 0.15) is 0 Å². The van der Waals surface area contributed by atoms with E-state index in [-0.39, 0.29) is 5.91 Å². The maximum absolute atomic E-state index is 11.4. The number of hydrogen-bond acceptors (Lipinski definition) is 2. The maximum Gasteiger partial charge on any atom is 0.251 e. The van der Waals surface area contributed by atoms with Crippen molar-refractivity contribution in [2.24, 2.45) is 5.92 Å². The van der Waals surface area contributed by atoms with Crippen LogP contribution >= 0.6 is 0 Å². The van der Waals surface area contributed by atoms with Crippen LogP contribution in [-0.2, 0) is 0 Å². The Morgan fingerprint density at radius 2 is 2.19 bits per heavy atom. The molecule has 0 fully saturated rings. The average Bonchev–Trinajstić information content (AvgIpc) is 2.35. The SMILES string of the molecule is CCC(C)CNc1cccc(C(=O)NC)c1. The van der Waals surface area contributed by atoms with E-state index < -0.39 is 0 Å². The highest BCUT2D eigenvalue weighted by Crippen LogP contribution is 2.12. The number of carbonyl (C=O) groups excluding carboxylic acids is 1. The number of carbonyl (C=O) groups is 1. The summed E-state index contributed by atoms with van der Waals surface area (Å²) in [6, 6.07) is 7.56. The van der Waals surface area contributed by atoms with E-state index in [1.54, 1.807) is 7.05 Å². The van der Waals surface area contributed by atoms with Gasteiger partial charge in [-0.3, -0.25) is 4.79 Å². The molecule has 88 valence electrons. The van der Waals surface area contributed by atoms with Crippen LogP contribution in [0.2, 0.25) is 0 Å². The number of rotatable bonds is 5. The molecule has 2 N–H and O–H groups in total. The minimum Gasteiger partial charge on any atom is -0.385 e. The van der Waals surface area contributed by atoms with Crippen molar-refractivity contribution in [1.82, 2.24) is 5.32 Å². The van der Waals surface area contributed by atoms with Gasteiger partial charge in [0.25, 0.3) is 5.91 Å². The molecule has 0 radical (unpaired) electrons. The summed E-state index contributed by atoms with van der Waals surface area (Å²) in [5, 5.41) is 5.95. The van der Waals surface area contributed by atoms with Gasteiger partial charge in [-0.05, 0) is 24.1 Å². The van der Waals surface area contributed by atoms with E-state index in [0.29, 0.717) is 11.5 Å². The Kier molecular flexibility index (Phi) is 4.83. The molecule has 0 spiro atoms. The number of benzene rings is 1. The zero-order chi connectivity index (χ0) is 12.0. The quantitative estimate of drug-likeness (QED) is 0.800. The lowest BCUT2D eigenvalue weighted by atomic mass is 10.1. The number of hydrogen-bond donors (Lipinski definition) is 2. The van der Waals surface area contributed by atoms with Crippen LogP contribution in [0.5, 0.6) is 0 Å². The summed E-state index contributed by atoms with van der Waals surface area (Å²) in [7, 11) is 1.64. The highest BCUT2D eigenvalue weighted by molar-refractivity contribution is 5.94. The number of amides is 1. The molecule has 1 atom stereocenters. The first-order valence-electron chi connectivity index (χ1n) is 5.73. The van der Waals surface area contributed by atoms with E-state index in [9.17, 15) is 4.79 Å². The Bertz CT molecular complexity index is 350. The van der Waals surface area contributed by atoms with Crippen LogP contribution in [0, 0.1) is 5.92 Å². The van der Waals surface area contributed by atoms with Gasteiger partial charge in [0.15, 0.2) is 0 Å². The topological polar surface area (TPSA) is 41.1 Å². The molecule has 3 nitrogen and oxygen atoms in total. The first-order chi connectivity index (χ1) is 7.67.